The van der Waals surface area contributed by atoms with Gasteiger partial charge in [0.15, 0.2) is 0 Å². The molecule has 0 bridgehead atoms. The van der Waals surface area contributed by atoms with Gasteiger partial charge in [-0.2, -0.15) is 0 Å². The van der Waals surface area contributed by atoms with Crippen molar-refractivity contribution in [2.45, 2.75) is 11.5 Å². The number of ether oxygens (including phenoxy) is 2. The van der Waals surface area contributed by atoms with Crippen LogP contribution in [0, 0.1) is 0 Å². The lowest BCUT2D eigenvalue weighted by Gasteiger charge is -2.12. The molecule has 0 amide bonds. The number of aromatic nitrogens is 2. The predicted molar refractivity (Wildman–Crippen MR) is 159 cm³/mol. The Hall–Kier alpha value is -4.08. The molecule has 0 atom stereocenters. The van der Waals surface area contributed by atoms with Gasteiger partial charge in [0.1, 0.15) is 24.5 Å². The van der Waals surface area contributed by atoms with Gasteiger partial charge in [-0.15, -0.1) is 0 Å². The van der Waals surface area contributed by atoms with Crippen LogP contribution in [0.5, 0.6) is 5.75 Å². The van der Waals surface area contributed by atoms with Crippen LogP contribution in [-0.2, 0) is 36.3 Å². The summed E-state index contributed by atoms with van der Waals surface area (Å²) in [5.74, 6) is 0.862. The monoisotopic (exact) mass is 600 g/mol. The average molecular weight is 601 g/mol. The molecular formula is C27H32N6O6S2. The van der Waals surface area contributed by atoms with E-state index in [1.807, 2.05) is 30.3 Å². The Bertz CT molecular complexity index is 1670. The normalized spacial score (nSPS) is 11.3. The summed E-state index contributed by atoms with van der Waals surface area (Å²) >= 11 is 0. The molecule has 0 aliphatic rings. The Morgan fingerprint density at radius 2 is 1.44 bits per heavy atom. The fourth-order valence-electron chi connectivity index (χ4n) is 3.65. The van der Waals surface area contributed by atoms with E-state index in [0.717, 1.165) is 5.56 Å². The van der Waals surface area contributed by atoms with Crippen molar-refractivity contribution in [3.63, 3.8) is 0 Å². The summed E-state index contributed by atoms with van der Waals surface area (Å²) in [5, 5.41) is 13.1. The first-order chi connectivity index (χ1) is 19.4. The van der Waals surface area contributed by atoms with Crippen LogP contribution >= 0.6 is 0 Å². The number of para-hydroxylation sites is 1. The number of methoxy groups -OCH3 is 1. The highest BCUT2D eigenvalue weighted by molar-refractivity contribution is 7.88. The van der Waals surface area contributed by atoms with Crippen molar-refractivity contribution in [1.82, 2.24) is 9.97 Å². The molecule has 0 unspecified atom stereocenters. The number of nitrogens with two attached hydrogens (primary N) is 3. The number of nitrogens with one attached hydrogen (secondary N) is 1. The maximum absolute atomic E-state index is 11.3. The van der Waals surface area contributed by atoms with Gasteiger partial charge in [-0.05, 0) is 47.5 Å². The third-order valence-corrected chi connectivity index (χ3v) is 6.73. The number of hydrogen-bond donors (Lipinski definition) is 4. The van der Waals surface area contributed by atoms with Gasteiger partial charge in [-0.25, -0.2) is 37.1 Å². The smallest absolute Gasteiger partial charge is 0.213 e. The fourth-order valence-corrected chi connectivity index (χ4v) is 4.93. The number of hydrogen-bond acceptors (Lipinski definition) is 10. The summed E-state index contributed by atoms with van der Waals surface area (Å²) in [6.07, 6.45) is 1.46. The van der Waals surface area contributed by atoms with Gasteiger partial charge in [0, 0.05) is 30.1 Å². The van der Waals surface area contributed by atoms with Gasteiger partial charge < -0.3 is 20.5 Å². The SMILES string of the molecule is COCCOc1ccccc1-c1cc(Nc2cccc(CS(N)(=O)=O)c2)ncn1.Nc1cccc(CS(N)(=O)=O)c1. The van der Waals surface area contributed by atoms with Gasteiger partial charge in [-0.3, -0.25) is 0 Å². The zero-order valence-electron chi connectivity index (χ0n) is 22.3. The van der Waals surface area contributed by atoms with Crippen LogP contribution in [-0.4, -0.2) is 47.1 Å². The maximum Gasteiger partial charge on any atom is 0.213 e. The summed E-state index contributed by atoms with van der Waals surface area (Å²) < 4.78 is 54.7. The van der Waals surface area contributed by atoms with E-state index in [0.29, 0.717) is 53.0 Å². The summed E-state index contributed by atoms with van der Waals surface area (Å²) in [6, 6.07) is 23.0. The largest absolute Gasteiger partial charge is 0.490 e. The minimum absolute atomic E-state index is 0.169. The zero-order valence-corrected chi connectivity index (χ0v) is 23.9. The molecule has 0 fully saturated rings. The number of benzene rings is 3. The van der Waals surface area contributed by atoms with Gasteiger partial charge in [0.05, 0.1) is 23.8 Å². The highest BCUT2D eigenvalue weighted by Gasteiger charge is 2.10. The first-order valence-corrected chi connectivity index (χ1v) is 15.6. The van der Waals surface area contributed by atoms with E-state index < -0.39 is 20.0 Å². The van der Waals surface area contributed by atoms with E-state index in [1.165, 1.54) is 6.33 Å². The maximum atomic E-state index is 11.3. The van der Waals surface area contributed by atoms with Crippen LogP contribution in [0.15, 0.2) is 85.2 Å². The van der Waals surface area contributed by atoms with E-state index in [1.54, 1.807) is 55.6 Å². The van der Waals surface area contributed by atoms with Gasteiger partial charge in [0.25, 0.3) is 0 Å². The van der Waals surface area contributed by atoms with Crippen molar-refractivity contribution >= 4 is 37.2 Å². The minimum Gasteiger partial charge on any atom is -0.490 e. The van der Waals surface area contributed by atoms with Crippen molar-refractivity contribution in [1.29, 1.82) is 0 Å². The van der Waals surface area contributed by atoms with Crippen LogP contribution < -0.4 is 26.1 Å². The topological polar surface area (TPSA) is 203 Å². The molecule has 0 radical (unpaired) electrons. The molecule has 0 aliphatic carbocycles. The Balaban J connectivity index is 0.000000322. The molecule has 1 heterocycles. The van der Waals surface area contributed by atoms with Crippen LogP contribution in [0.2, 0.25) is 0 Å². The standard InChI is InChI=1S/C20H22N4O4S.C7H10N2O2S/c1-27-9-10-28-19-8-3-2-7-17(19)18-12-20(23-14-22-18)24-16-6-4-5-15(11-16)13-29(21,25)26;8-7-3-1-2-6(4-7)5-12(9,10)11/h2-8,11-12,14H,9-10,13H2,1H3,(H2,21,25,26)(H,22,23,24);1-4H,5,8H2,(H2,9,10,11). The van der Waals surface area contributed by atoms with Crippen molar-refractivity contribution in [3.05, 3.63) is 96.3 Å². The molecule has 14 heteroatoms. The molecule has 3 aromatic carbocycles. The third kappa shape index (κ3) is 11.5. The molecule has 218 valence electrons. The number of anilines is 3. The first kappa shape index (κ1) is 31.4. The molecule has 4 rings (SSSR count). The van der Waals surface area contributed by atoms with E-state index in [9.17, 15) is 16.8 Å². The van der Waals surface area contributed by atoms with Crippen LogP contribution in [0.4, 0.5) is 17.2 Å². The number of sulfonamides is 2. The van der Waals surface area contributed by atoms with Crippen molar-refractivity contribution in [2.24, 2.45) is 10.3 Å². The lowest BCUT2D eigenvalue weighted by Crippen LogP contribution is -2.14. The van der Waals surface area contributed by atoms with Crippen molar-refractivity contribution in [2.75, 3.05) is 31.4 Å². The number of nitrogens with zero attached hydrogens (tertiary/aromatic N) is 2. The van der Waals surface area contributed by atoms with E-state index in [4.69, 9.17) is 25.5 Å². The summed E-state index contributed by atoms with van der Waals surface area (Å²) in [5.41, 5.74) is 9.39. The van der Waals surface area contributed by atoms with Crippen molar-refractivity contribution in [3.8, 4) is 17.0 Å². The Morgan fingerprint density at radius 1 is 0.780 bits per heavy atom. The summed E-state index contributed by atoms with van der Waals surface area (Å²) in [4.78, 5) is 8.59. The van der Waals surface area contributed by atoms with E-state index in [-0.39, 0.29) is 11.5 Å². The molecule has 0 spiro atoms. The molecule has 0 saturated heterocycles. The average Bonchev–Trinajstić information content (AvgIpc) is 2.88. The molecule has 0 aliphatic heterocycles. The second-order valence-corrected chi connectivity index (χ2v) is 12.0. The van der Waals surface area contributed by atoms with Crippen LogP contribution in [0.1, 0.15) is 11.1 Å². The van der Waals surface area contributed by atoms with Gasteiger partial charge in [-0.1, -0.05) is 36.4 Å². The Morgan fingerprint density at radius 3 is 2.10 bits per heavy atom. The summed E-state index contributed by atoms with van der Waals surface area (Å²) in [7, 11) is -5.43. The first-order valence-electron chi connectivity index (χ1n) is 12.2. The minimum atomic E-state index is -3.60. The quantitative estimate of drug-likeness (QED) is 0.146. The molecular weight excluding hydrogens is 568 g/mol. The number of rotatable bonds is 11. The molecule has 1 aromatic heterocycles. The van der Waals surface area contributed by atoms with Crippen LogP contribution in [0.25, 0.3) is 11.3 Å². The fraction of sp³-hybridized carbons (Fsp3) is 0.185. The molecule has 7 N–H and O–H groups in total. The summed E-state index contributed by atoms with van der Waals surface area (Å²) in [6.45, 7) is 0.917. The lowest BCUT2D eigenvalue weighted by atomic mass is 10.1. The van der Waals surface area contributed by atoms with Crippen LogP contribution in [0.3, 0.4) is 0 Å². The third-order valence-electron chi connectivity index (χ3n) is 5.26. The second kappa shape index (κ2) is 14.5. The molecule has 12 nitrogen and oxygen atoms in total. The van der Waals surface area contributed by atoms with E-state index >= 15 is 0 Å². The van der Waals surface area contributed by atoms with Gasteiger partial charge >= 0.3 is 0 Å². The Kier molecular flexibility index (Phi) is 11.1. The highest BCUT2D eigenvalue weighted by atomic mass is 32.2. The lowest BCUT2D eigenvalue weighted by molar-refractivity contribution is 0.146. The predicted octanol–water partition coefficient (Wildman–Crippen LogP) is 2.76. The van der Waals surface area contributed by atoms with Gasteiger partial charge in [0.2, 0.25) is 20.0 Å². The number of nitrogen functional groups attached to an aromatic ring is 1. The van der Waals surface area contributed by atoms with E-state index in [2.05, 4.69) is 15.3 Å². The molecule has 41 heavy (non-hydrogen) atoms. The van der Waals surface area contributed by atoms with Crippen molar-refractivity contribution < 1.29 is 26.3 Å². The molecule has 4 aromatic rings. The second-order valence-electron chi connectivity index (χ2n) is 8.81. The molecule has 0 saturated carbocycles. The number of primary sulfonamides is 2. The Labute approximate surface area is 239 Å². The highest BCUT2D eigenvalue weighted by Crippen LogP contribution is 2.30. The zero-order chi connectivity index (χ0) is 29.9.